The van der Waals surface area contributed by atoms with Crippen LogP contribution in [0.25, 0.3) is 10.8 Å². The third-order valence-electron chi connectivity index (χ3n) is 4.43. The highest BCUT2D eigenvalue weighted by atomic mass is 32.1. The lowest BCUT2D eigenvalue weighted by Crippen LogP contribution is -2.47. The van der Waals surface area contributed by atoms with Crippen molar-refractivity contribution in [2.24, 2.45) is 0 Å². The minimum absolute atomic E-state index is 0.0211. The van der Waals surface area contributed by atoms with Crippen molar-refractivity contribution in [3.05, 3.63) is 58.5 Å². The number of aliphatic hydroxyl groups is 1. The Morgan fingerprint density at radius 2 is 2.29 bits per heavy atom. The van der Waals surface area contributed by atoms with Crippen molar-refractivity contribution in [3.63, 3.8) is 0 Å². The molecule has 4 rings (SSSR count). The summed E-state index contributed by atoms with van der Waals surface area (Å²) in [4.78, 5) is 7.60. The molecular formula is C18H17N3OS2. The quantitative estimate of drug-likeness (QED) is 0.690. The largest absolute Gasteiger partial charge is 0.394 e. The summed E-state index contributed by atoms with van der Waals surface area (Å²) < 4.78 is 0. The number of hydrogen-bond donors (Lipinski definition) is 2. The van der Waals surface area contributed by atoms with Gasteiger partial charge in [-0.05, 0) is 41.4 Å². The first kappa shape index (κ1) is 15.5. The van der Waals surface area contributed by atoms with Crippen LogP contribution < -0.4 is 5.32 Å². The van der Waals surface area contributed by atoms with Gasteiger partial charge in [0.2, 0.25) is 0 Å². The molecule has 0 spiro atoms. The number of anilines is 1. The molecule has 2 aromatic heterocycles. The van der Waals surface area contributed by atoms with Crippen molar-refractivity contribution in [3.8, 4) is 0 Å². The van der Waals surface area contributed by atoms with Crippen molar-refractivity contribution in [2.45, 2.75) is 19.0 Å². The number of thiophene rings is 1. The Morgan fingerprint density at radius 1 is 1.38 bits per heavy atom. The summed E-state index contributed by atoms with van der Waals surface area (Å²) in [5, 5.41) is 18.1. The maximum absolute atomic E-state index is 9.78. The van der Waals surface area contributed by atoms with Crippen molar-refractivity contribution in [2.75, 3.05) is 11.9 Å². The summed E-state index contributed by atoms with van der Waals surface area (Å²) in [7, 11) is 0. The molecule has 0 bridgehead atoms. The highest BCUT2D eigenvalue weighted by Gasteiger charge is 2.28. The summed E-state index contributed by atoms with van der Waals surface area (Å²) in [5.41, 5.74) is 2.27. The first-order valence-electron chi connectivity index (χ1n) is 7.82. The number of nitrogens with zero attached hydrogens (tertiary/aromatic N) is 2. The second-order valence-corrected chi connectivity index (χ2v) is 7.26. The number of hydrogen-bond acceptors (Lipinski definition) is 4. The highest BCUT2D eigenvalue weighted by Crippen LogP contribution is 2.29. The molecule has 6 heteroatoms. The predicted molar refractivity (Wildman–Crippen MR) is 102 cm³/mol. The fraction of sp³-hybridized carbons (Fsp3) is 0.222. The molecule has 122 valence electrons. The van der Waals surface area contributed by atoms with Crippen LogP contribution >= 0.6 is 23.6 Å². The fourth-order valence-corrected chi connectivity index (χ4v) is 4.44. The molecule has 0 saturated carbocycles. The minimum Gasteiger partial charge on any atom is -0.394 e. The van der Waals surface area contributed by atoms with Crippen molar-refractivity contribution < 1.29 is 5.11 Å². The molecule has 2 N–H and O–H groups in total. The molecule has 0 amide bonds. The summed E-state index contributed by atoms with van der Waals surface area (Å²) in [6, 6.07) is 10.2. The van der Waals surface area contributed by atoms with Gasteiger partial charge in [-0.1, -0.05) is 12.1 Å². The molecule has 0 fully saturated rings. The van der Waals surface area contributed by atoms with Gasteiger partial charge in [-0.2, -0.15) is 0 Å². The van der Waals surface area contributed by atoms with Crippen LogP contribution in [0.2, 0.25) is 0 Å². The molecule has 0 unspecified atom stereocenters. The zero-order valence-corrected chi connectivity index (χ0v) is 14.6. The third kappa shape index (κ3) is 2.77. The predicted octanol–water partition coefficient (Wildman–Crippen LogP) is 3.41. The van der Waals surface area contributed by atoms with Gasteiger partial charge in [-0.15, -0.1) is 11.3 Å². The van der Waals surface area contributed by atoms with Crippen LogP contribution in [0.5, 0.6) is 0 Å². The SMILES string of the molecule is OC[C@@H]1Cc2sccc2CN1C(=S)Nc1cccc2cnccc12. The van der Waals surface area contributed by atoms with Gasteiger partial charge in [-0.3, -0.25) is 4.98 Å². The van der Waals surface area contributed by atoms with Gasteiger partial charge in [-0.25, -0.2) is 0 Å². The van der Waals surface area contributed by atoms with Gasteiger partial charge in [0, 0.05) is 46.7 Å². The van der Waals surface area contributed by atoms with E-state index in [4.69, 9.17) is 12.2 Å². The van der Waals surface area contributed by atoms with Gasteiger partial charge in [0.15, 0.2) is 5.11 Å². The van der Waals surface area contributed by atoms with E-state index in [0.29, 0.717) is 5.11 Å². The Balaban J connectivity index is 1.61. The van der Waals surface area contributed by atoms with Crippen molar-refractivity contribution >= 4 is 45.1 Å². The summed E-state index contributed by atoms with van der Waals surface area (Å²) >= 11 is 7.41. The number of rotatable bonds is 2. The summed E-state index contributed by atoms with van der Waals surface area (Å²) in [6.07, 6.45) is 4.47. The van der Waals surface area contributed by atoms with Gasteiger partial charge < -0.3 is 15.3 Å². The second kappa shape index (κ2) is 6.47. The average Bonchev–Trinajstić information content (AvgIpc) is 3.08. The highest BCUT2D eigenvalue weighted by molar-refractivity contribution is 7.80. The van der Waals surface area contributed by atoms with E-state index in [2.05, 4.69) is 26.6 Å². The molecule has 3 aromatic rings. The van der Waals surface area contributed by atoms with Gasteiger partial charge >= 0.3 is 0 Å². The number of aromatic nitrogens is 1. The van der Waals surface area contributed by atoms with Crippen LogP contribution in [0.15, 0.2) is 48.1 Å². The Labute approximate surface area is 149 Å². The Kier molecular flexibility index (Phi) is 4.18. The minimum atomic E-state index is 0.0211. The van der Waals surface area contributed by atoms with Crippen LogP contribution in [0.1, 0.15) is 10.4 Å². The Bertz CT molecular complexity index is 887. The Morgan fingerprint density at radius 3 is 3.17 bits per heavy atom. The van der Waals surface area contributed by atoms with Crippen LogP contribution in [0.3, 0.4) is 0 Å². The van der Waals surface area contributed by atoms with Crippen LogP contribution in [0, 0.1) is 0 Å². The van der Waals surface area contributed by atoms with Crippen molar-refractivity contribution in [1.29, 1.82) is 0 Å². The molecule has 24 heavy (non-hydrogen) atoms. The summed E-state index contributed by atoms with van der Waals surface area (Å²) in [6.45, 7) is 0.834. The van der Waals surface area contributed by atoms with E-state index >= 15 is 0 Å². The topological polar surface area (TPSA) is 48.4 Å². The zero-order chi connectivity index (χ0) is 16.5. The standard InChI is InChI=1S/C18H17N3OS2/c22-11-14-8-17-13(5-7-24-17)10-21(14)18(23)20-16-3-1-2-12-9-19-6-4-15(12)16/h1-7,9,14,22H,8,10-11H2,(H,20,23)/t14-/m0/s1. The maximum Gasteiger partial charge on any atom is 0.174 e. The lowest BCUT2D eigenvalue weighted by molar-refractivity contribution is 0.169. The molecule has 0 radical (unpaired) electrons. The molecule has 1 aliphatic rings. The lowest BCUT2D eigenvalue weighted by Gasteiger charge is -2.36. The van der Waals surface area contributed by atoms with Crippen LogP contribution in [-0.2, 0) is 13.0 Å². The number of fused-ring (bicyclic) bond motifs is 2. The number of aliphatic hydroxyl groups excluding tert-OH is 1. The third-order valence-corrected chi connectivity index (χ3v) is 5.76. The maximum atomic E-state index is 9.78. The van der Waals surface area contributed by atoms with Gasteiger partial charge in [0.25, 0.3) is 0 Å². The van der Waals surface area contributed by atoms with Crippen molar-refractivity contribution in [1.82, 2.24) is 9.88 Å². The number of nitrogens with one attached hydrogen (secondary N) is 1. The monoisotopic (exact) mass is 355 g/mol. The van der Waals surface area contributed by atoms with Gasteiger partial charge in [0.05, 0.1) is 12.6 Å². The number of benzene rings is 1. The van der Waals surface area contributed by atoms with E-state index in [-0.39, 0.29) is 12.6 Å². The molecule has 4 nitrogen and oxygen atoms in total. The number of pyridine rings is 1. The second-order valence-electron chi connectivity index (χ2n) is 5.87. The molecule has 1 atom stereocenters. The fourth-order valence-electron chi connectivity index (χ4n) is 3.14. The van der Waals surface area contributed by atoms with E-state index < -0.39 is 0 Å². The van der Waals surface area contributed by atoms with E-state index in [9.17, 15) is 5.11 Å². The Hall–Kier alpha value is -2.02. The molecule has 1 aliphatic heterocycles. The molecule has 0 saturated heterocycles. The van der Waals surface area contributed by atoms with E-state index in [1.165, 1.54) is 10.4 Å². The van der Waals surface area contributed by atoms with Gasteiger partial charge in [0.1, 0.15) is 0 Å². The molecule has 3 heterocycles. The first-order valence-corrected chi connectivity index (χ1v) is 9.11. The van der Waals surface area contributed by atoms with E-state index in [0.717, 1.165) is 29.4 Å². The van der Waals surface area contributed by atoms with Crippen LogP contribution in [0.4, 0.5) is 5.69 Å². The smallest absolute Gasteiger partial charge is 0.174 e. The van der Waals surface area contributed by atoms with E-state index in [1.807, 2.05) is 30.5 Å². The van der Waals surface area contributed by atoms with Crippen LogP contribution in [-0.4, -0.2) is 32.8 Å². The molecule has 1 aromatic carbocycles. The normalized spacial score (nSPS) is 16.9. The molecular weight excluding hydrogens is 338 g/mol. The van der Waals surface area contributed by atoms with E-state index in [1.54, 1.807) is 17.5 Å². The first-order chi connectivity index (χ1) is 11.8. The summed E-state index contributed by atoms with van der Waals surface area (Å²) in [5.74, 6) is 0. The molecule has 0 aliphatic carbocycles. The lowest BCUT2D eigenvalue weighted by atomic mass is 10.0. The number of thiocarbonyl (C=S) groups is 1. The average molecular weight is 355 g/mol. The zero-order valence-electron chi connectivity index (χ0n) is 13.0.